The second kappa shape index (κ2) is 6.40. The number of fused-ring (bicyclic) bond motifs is 1. The van der Waals surface area contributed by atoms with Crippen molar-refractivity contribution in [1.29, 1.82) is 0 Å². The van der Waals surface area contributed by atoms with Crippen LogP contribution in [0, 0.1) is 11.8 Å². The van der Waals surface area contributed by atoms with Crippen LogP contribution in [-0.4, -0.2) is 39.5 Å². The van der Waals surface area contributed by atoms with Crippen LogP contribution in [0.4, 0.5) is 4.79 Å². The van der Waals surface area contributed by atoms with Gasteiger partial charge in [0, 0.05) is 10.9 Å². The maximum Gasteiger partial charge on any atom is 0.408 e. The molecule has 0 radical (unpaired) electrons. The fraction of sp³-hybridized carbons (Fsp3) is 0.312. The third-order valence-electron chi connectivity index (χ3n) is 2.72. The Kier molecular flexibility index (Phi) is 4.55. The fourth-order valence-corrected chi connectivity index (χ4v) is 1.83. The summed E-state index contributed by atoms with van der Waals surface area (Å²) in [6.45, 7) is 5.46. The molecule has 0 aliphatic rings. The molecular formula is C16H17N3O4. The minimum absolute atomic E-state index is 0.0458. The highest BCUT2D eigenvalue weighted by molar-refractivity contribution is 6.01. The van der Waals surface area contributed by atoms with Crippen LogP contribution in [0.5, 0.6) is 0 Å². The van der Waals surface area contributed by atoms with Gasteiger partial charge < -0.3 is 15.2 Å². The molecule has 0 bridgehead atoms. The lowest BCUT2D eigenvalue weighted by molar-refractivity contribution is 0.0534. The van der Waals surface area contributed by atoms with Gasteiger partial charge >= 0.3 is 12.1 Å². The Morgan fingerprint density at radius 2 is 2.13 bits per heavy atom. The van der Waals surface area contributed by atoms with Crippen molar-refractivity contribution in [3.63, 3.8) is 0 Å². The number of nitrogens with zero attached hydrogens (tertiary/aromatic N) is 1. The van der Waals surface area contributed by atoms with Crippen molar-refractivity contribution in [3.8, 4) is 11.8 Å². The molecule has 7 heteroatoms. The Morgan fingerprint density at radius 1 is 1.39 bits per heavy atom. The zero-order valence-electron chi connectivity index (χ0n) is 13.1. The number of aromatic amines is 1. The lowest BCUT2D eigenvalue weighted by atomic mass is 10.1. The van der Waals surface area contributed by atoms with E-state index in [0.29, 0.717) is 16.5 Å². The highest BCUT2D eigenvalue weighted by Gasteiger charge is 2.15. The summed E-state index contributed by atoms with van der Waals surface area (Å²) in [6.07, 6.45) is -0.537. The number of aromatic carboxylic acids is 1. The van der Waals surface area contributed by atoms with Crippen LogP contribution < -0.4 is 5.32 Å². The molecule has 1 amide bonds. The van der Waals surface area contributed by atoms with E-state index in [2.05, 4.69) is 27.4 Å². The molecule has 0 aliphatic carbocycles. The molecule has 0 saturated heterocycles. The first-order valence-corrected chi connectivity index (χ1v) is 6.93. The molecule has 0 fully saturated rings. The van der Waals surface area contributed by atoms with Crippen molar-refractivity contribution in [2.45, 2.75) is 26.4 Å². The molecule has 0 saturated carbocycles. The summed E-state index contributed by atoms with van der Waals surface area (Å²) < 4.78 is 5.08. The number of carboxylic acids is 1. The van der Waals surface area contributed by atoms with Crippen LogP contribution in [0.2, 0.25) is 0 Å². The number of H-pyrrole nitrogens is 1. The maximum absolute atomic E-state index is 11.5. The number of carboxylic acid groups (broad SMARTS) is 1. The largest absolute Gasteiger partial charge is 0.476 e. The van der Waals surface area contributed by atoms with E-state index >= 15 is 0 Å². The first kappa shape index (κ1) is 16.4. The predicted molar refractivity (Wildman–Crippen MR) is 84.2 cm³/mol. The zero-order valence-corrected chi connectivity index (χ0v) is 13.1. The van der Waals surface area contributed by atoms with Gasteiger partial charge in [-0.2, -0.15) is 5.10 Å². The Morgan fingerprint density at radius 3 is 2.78 bits per heavy atom. The second-order valence-corrected chi connectivity index (χ2v) is 5.79. The van der Waals surface area contributed by atoms with Crippen LogP contribution >= 0.6 is 0 Å². The molecule has 1 aromatic heterocycles. The number of aromatic nitrogens is 2. The number of carbonyl (C=O) groups excluding carboxylic acids is 1. The van der Waals surface area contributed by atoms with Crippen molar-refractivity contribution >= 4 is 23.0 Å². The standard InChI is InChI=1S/C16H17N3O4/c1-16(2,3)23-15(22)17-8-4-5-10-6-7-12-11(9-10)13(14(20)21)19-18-12/h6-7,9H,8H2,1-3H3,(H,17,22)(H,18,19)(H,20,21). The van der Waals surface area contributed by atoms with Gasteiger partial charge in [0.15, 0.2) is 5.69 Å². The molecular weight excluding hydrogens is 298 g/mol. The van der Waals surface area contributed by atoms with Crippen molar-refractivity contribution in [2.75, 3.05) is 6.54 Å². The van der Waals surface area contributed by atoms with Gasteiger partial charge in [-0.25, -0.2) is 9.59 Å². The van der Waals surface area contributed by atoms with Crippen LogP contribution in [0.15, 0.2) is 18.2 Å². The van der Waals surface area contributed by atoms with E-state index < -0.39 is 17.7 Å². The first-order valence-electron chi connectivity index (χ1n) is 6.93. The minimum atomic E-state index is -1.10. The maximum atomic E-state index is 11.5. The molecule has 120 valence electrons. The summed E-state index contributed by atoms with van der Waals surface area (Å²) in [5.74, 6) is 4.54. The number of ether oxygens (including phenoxy) is 1. The summed E-state index contributed by atoms with van der Waals surface area (Å²) >= 11 is 0. The van der Waals surface area contributed by atoms with Gasteiger partial charge in [-0.3, -0.25) is 5.10 Å². The van der Waals surface area contributed by atoms with E-state index in [1.54, 1.807) is 39.0 Å². The van der Waals surface area contributed by atoms with Gasteiger partial charge in [-0.05, 0) is 39.0 Å². The van der Waals surface area contributed by atoms with E-state index in [-0.39, 0.29) is 12.2 Å². The normalized spacial score (nSPS) is 10.7. The zero-order chi connectivity index (χ0) is 17.0. The predicted octanol–water partition coefficient (Wildman–Crippen LogP) is 2.14. The van der Waals surface area contributed by atoms with Crippen LogP contribution in [0.25, 0.3) is 10.9 Å². The Balaban J connectivity index is 2.04. The van der Waals surface area contributed by atoms with Crippen LogP contribution in [0.3, 0.4) is 0 Å². The number of hydrogen-bond acceptors (Lipinski definition) is 4. The van der Waals surface area contributed by atoms with E-state index in [0.717, 1.165) is 0 Å². The Hall–Kier alpha value is -3.01. The summed E-state index contributed by atoms with van der Waals surface area (Å²) in [5, 5.41) is 18.5. The van der Waals surface area contributed by atoms with Gasteiger partial charge in [0.1, 0.15) is 5.60 Å². The first-order chi connectivity index (χ1) is 10.8. The number of amides is 1. The SMILES string of the molecule is CC(C)(C)OC(=O)NCC#Cc1ccc2[nH]nc(C(=O)O)c2c1. The van der Waals surface area contributed by atoms with Crippen molar-refractivity contribution in [1.82, 2.24) is 15.5 Å². The molecule has 2 rings (SSSR count). The van der Waals surface area contributed by atoms with E-state index in [1.165, 1.54) is 0 Å². The van der Waals surface area contributed by atoms with E-state index in [1.807, 2.05) is 0 Å². The number of carbonyl (C=O) groups is 2. The molecule has 2 aromatic rings. The third-order valence-corrected chi connectivity index (χ3v) is 2.72. The van der Waals surface area contributed by atoms with Gasteiger partial charge in [-0.1, -0.05) is 11.8 Å². The van der Waals surface area contributed by atoms with Crippen molar-refractivity contribution < 1.29 is 19.4 Å². The molecule has 1 heterocycles. The van der Waals surface area contributed by atoms with Gasteiger partial charge in [0.05, 0.1) is 12.1 Å². The van der Waals surface area contributed by atoms with Gasteiger partial charge in [0.2, 0.25) is 0 Å². The minimum Gasteiger partial charge on any atom is -0.476 e. The fourth-order valence-electron chi connectivity index (χ4n) is 1.83. The lowest BCUT2D eigenvalue weighted by Crippen LogP contribution is -2.32. The molecule has 7 nitrogen and oxygen atoms in total. The number of alkyl carbamates (subject to hydrolysis) is 1. The monoisotopic (exact) mass is 315 g/mol. The molecule has 0 atom stereocenters. The molecule has 1 aromatic carbocycles. The topological polar surface area (TPSA) is 104 Å². The lowest BCUT2D eigenvalue weighted by Gasteiger charge is -2.18. The number of hydrogen-bond donors (Lipinski definition) is 3. The number of rotatable bonds is 2. The molecule has 0 spiro atoms. The third kappa shape index (κ3) is 4.48. The highest BCUT2D eigenvalue weighted by Crippen LogP contribution is 2.17. The van der Waals surface area contributed by atoms with Gasteiger partial charge in [0.25, 0.3) is 0 Å². The summed E-state index contributed by atoms with van der Waals surface area (Å²) in [4.78, 5) is 22.5. The number of benzene rings is 1. The number of nitrogens with one attached hydrogen (secondary N) is 2. The average Bonchev–Trinajstić information content (AvgIpc) is 2.85. The quantitative estimate of drug-likeness (QED) is 0.736. The van der Waals surface area contributed by atoms with Gasteiger partial charge in [-0.15, -0.1) is 0 Å². The van der Waals surface area contributed by atoms with Crippen molar-refractivity contribution in [2.24, 2.45) is 0 Å². The molecule has 0 aliphatic heterocycles. The smallest absolute Gasteiger partial charge is 0.408 e. The summed E-state index contributed by atoms with van der Waals surface area (Å²) in [6, 6.07) is 5.09. The van der Waals surface area contributed by atoms with E-state index in [9.17, 15) is 9.59 Å². The van der Waals surface area contributed by atoms with Crippen LogP contribution in [-0.2, 0) is 4.74 Å². The summed E-state index contributed by atoms with van der Waals surface area (Å²) in [7, 11) is 0. The Labute approximate surface area is 133 Å². The average molecular weight is 315 g/mol. The second-order valence-electron chi connectivity index (χ2n) is 5.79. The molecule has 23 heavy (non-hydrogen) atoms. The highest BCUT2D eigenvalue weighted by atomic mass is 16.6. The van der Waals surface area contributed by atoms with Crippen LogP contribution in [0.1, 0.15) is 36.8 Å². The molecule has 0 unspecified atom stereocenters. The van der Waals surface area contributed by atoms with Crippen molar-refractivity contribution in [3.05, 3.63) is 29.5 Å². The molecule has 3 N–H and O–H groups in total. The van der Waals surface area contributed by atoms with E-state index in [4.69, 9.17) is 9.84 Å². The summed E-state index contributed by atoms with van der Waals surface area (Å²) in [5.41, 5.74) is 0.652. The Bertz CT molecular complexity index is 806.